The summed E-state index contributed by atoms with van der Waals surface area (Å²) < 4.78 is 29.8. The molecule has 6 nitrogen and oxygen atoms in total. The van der Waals surface area contributed by atoms with Gasteiger partial charge in [0.2, 0.25) is 5.91 Å². The summed E-state index contributed by atoms with van der Waals surface area (Å²) in [6.07, 6.45) is 5.02. The lowest BCUT2D eigenvalue weighted by molar-refractivity contribution is -0.117. The fourth-order valence-electron chi connectivity index (χ4n) is 3.77. The highest BCUT2D eigenvalue weighted by molar-refractivity contribution is 5.93. The Bertz CT molecular complexity index is 842. The predicted octanol–water partition coefficient (Wildman–Crippen LogP) is 3.17. The third-order valence-electron chi connectivity index (χ3n) is 5.53. The van der Waals surface area contributed by atoms with E-state index in [0.717, 1.165) is 18.4 Å². The van der Waals surface area contributed by atoms with Gasteiger partial charge in [-0.25, -0.2) is 18.7 Å². The molecule has 0 spiro atoms. The molecular formula is C21H25F2N5O. The van der Waals surface area contributed by atoms with Crippen LogP contribution in [0.25, 0.3) is 0 Å². The normalized spacial score (nSPS) is 21.2. The molecule has 2 fully saturated rings. The van der Waals surface area contributed by atoms with Gasteiger partial charge in [-0.2, -0.15) is 0 Å². The van der Waals surface area contributed by atoms with Gasteiger partial charge in [-0.3, -0.25) is 9.69 Å². The van der Waals surface area contributed by atoms with Crippen molar-refractivity contribution in [1.82, 2.24) is 14.9 Å². The lowest BCUT2D eigenvalue weighted by Crippen LogP contribution is -2.57. The number of carbonyl (C=O) groups excluding carboxylic acids is 1. The Morgan fingerprint density at radius 3 is 2.59 bits per heavy atom. The summed E-state index contributed by atoms with van der Waals surface area (Å²) in [4.78, 5) is 23.5. The van der Waals surface area contributed by atoms with Crippen LogP contribution in [0.1, 0.15) is 24.8 Å². The van der Waals surface area contributed by atoms with Crippen LogP contribution in [0.4, 0.5) is 20.4 Å². The minimum atomic E-state index is -2.87. The molecule has 1 aromatic carbocycles. The molecule has 2 aliphatic rings. The Labute approximate surface area is 168 Å². The summed E-state index contributed by atoms with van der Waals surface area (Å²) >= 11 is 0. The molecule has 1 unspecified atom stereocenters. The van der Waals surface area contributed by atoms with Crippen molar-refractivity contribution in [3.63, 3.8) is 0 Å². The van der Waals surface area contributed by atoms with E-state index in [1.807, 2.05) is 30.3 Å². The minimum Gasteiger partial charge on any atom is -0.349 e. The number of rotatable bonds is 6. The Kier molecular flexibility index (Phi) is 5.45. The van der Waals surface area contributed by atoms with E-state index in [-0.39, 0.29) is 11.8 Å². The molecule has 1 aliphatic heterocycles. The van der Waals surface area contributed by atoms with Crippen LogP contribution in [0.3, 0.4) is 0 Å². The quantitative estimate of drug-likeness (QED) is 0.806. The van der Waals surface area contributed by atoms with E-state index in [2.05, 4.69) is 15.3 Å². The van der Waals surface area contributed by atoms with Crippen LogP contribution in [0.15, 0.2) is 42.7 Å². The summed E-state index contributed by atoms with van der Waals surface area (Å²) in [5, 5.41) is 2.71. The van der Waals surface area contributed by atoms with Gasteiger partial charge in [0.25, 0.3) is 5.92 Å². The monoisotopic (exact) mass is 401 g/mol. The summed E-state index contributed by atoms with van der Waals surface area (Å²) in [5.41, 5.74) is 1.02. The van der Waals surface area contributed by atoms with E-state index in [0.29, 0.717) is 31.1 Å². The molecule has 4 rings (SSSR count). The van der Waals surface area contributed by atoms with Gasteiger partial charge in [0, 0.05) is 19.0 Å². The number of alkyl halides is 2. The first-order valence-electron chi connectivity index (χ1n) is 9.92. The molecule has 1 saturated carbocycles. The first-order valence-corrected chi connectivity index (χ1v) is 9.92. The molecule has 1 aromatic heterocycles. The minimum absolute atomic E-state index is 0.0548. The maximum absolute atomic E-state index is 14.9. The number of aromatic nitrogens is 2. The fraction of sp³-hybridized carbons (Fsp3) is 0.476. The Morgan fingerprint density at radius 2 is 1.97 bits per heavy atom. The number of carbonyl (C=O) groups is 1. The second-order valence-electron chi connectivity index (χ2n) is 7.91. The largest absolute Gasteiger partial charge is 0.349 e. The molecule has 1 N–H and O–H groups in total. The van der Waals surface area contributed by atoms with Crippen LogP contribution in [0.5, 0.6) is 0 Å². The molecule has 1 saturated heterocycles. The van der Waals surface area contributed by atoms with E-state index in [1.54, 1.807) is 16.8 Å². The fourth-order valence-corrected chi connectivity index (χ4v) is 3.77. The first-order chi connectivity index (χ1) is 13.9. The molecule has 1 aliphatic carbocycles. The van der Waals surface area contributed by atoms with Crippen molar-refractivity contribution in [3.8, 4) is 0 Å². The van der Waals surface area contributed by atoms with Crippen LogP contribution >= 0.6 is 0 Å². The van der Waals surface area contributed by atoms with E-state index in [1.165, 1.54) is 12.4 Å². The number of anilines is 2. The molecule has 2 aromatic rings. The van der Waals surface area contributed by atoms with Gasteiger partial charge in [0.05, 0.1) is 25.0 Å². The molecular weight excluding hydrogens is 376 g/mol. The SMILES string of the molecule is CN(Cc1ccccc1)C1CCN(c2cnc(NC(=O)C3CC3)cn2)CC1(F)F. The third kappa shape index (κ3) is 4.70. The zero-order valence-corrected chi connectivity index (χ0v) is 16.4. The Morgan fingerprint density at radius 1 is 1.21 bits per heavy atom. The average molecular weight is 401 g/mol. The number of amides is 1. The van der Waals surface area contributed by atoms with Gasteiger partial charge in [-0.05, 0) is 31.9 Å². The maximum Gasteiger partial charge on any atom is 0.280 e. The van der Waals surface area contributed by atoms with E-state index in [4.69, 9.17) is 0 Å². The molecule has 154 valence electrons. The molecule has 1 amide bonds. The van der Waals surface area contributed by atoms with Crippen LogP contribution < -0.4 is 10.2 Å². The van der Waals surface area contributed by atoms with Gasteiger partial charge in [-0.15, -0.1) is 0 Å². The smallest absolute Gasteiger partial charge is 0.280 e. The van der Waals surface area contributed by atoms with Crippen molar-refractivity contribution in [1.29, 1.82) is 0 Å². The Hall–Kier alpha value is -2.61. The number of halogens is 2. The number of nitrogens with one attached hydrogen (secondary N) is 1. The van der Waals surface area contributed by atoms with Crippen molar-refractivity contribution in [3.05, 3.63) is 48.3 Å². The van der Waals surface area contributed by atoms with Gasteiger partial charge in [0.15, 0.2) is 5.82 Å². The number of piperidine rings is 1. The molecule has 8 heteroatoms. The lowest BCUT2D eigenvalue weighted by Gasteiger charge is -2.42. The Balaban J connectivity index is 1.37. The zero-order chi connectivity index (χ0) is 20.4. The van der Waals surface area contributed by atoms with Crippen LogP contribution in [0, 0.1) is 5.92 Å². The standard InChI is InChI=1S/C21H25F2N5O/c1-27(13-15-5-3-2-4-6-15)17-9-10-28(14-21(17,22)23)19-12-24-18(11-25-19)26-20(29)16-7-8-16/h2-6,11-12,16-17H,7-10,13-14H2,1H3,(H,24,26,29). The molecule has 1 atom stereocenters. The second-order valence-corrected chi connectivity index (χ2v) is 7.91. The molecule has 29 heavy (non-hydrogen) atoms. The highest BCUT2D eigenvalue weighted by Crippen LogP contribution is 2.33. The topological polar surface area (TPSA) is 61.4 Å². The highest BCUT2D eigenvalue weighted by Gasteiger charge is 2.46. The summed E-state index contributed by atoms with van der Waals surface area (Å²) in [6.45, 7) is 0.553. The number of benzene rings is 1. The summed E-state index contributed by atoms with van der Waals surface area (Å²) in [7, 11) is 1.75. The molecule has 0 radical (unpaired) electrons. The van der Waals surface area contributed by atoms with Gasteiger partial charge >= 0.3 is 0 Å². The first kappa shape index (κ1) is 19.7. The number of hydrogen-bond acceptors (Lipinski definition) is 5. The summed E-state index contributed by atoms with van der Waals surface area (Å²) in [5.74, 6) is -2.10. The van der Waals surface area contributed by atoms with Crippen molar-refractivity contribution in [2.75, 3.05) is 30.4 Å². The zero-order valence-electron chi connectivity index (χ0n) is 16.4. The third-order valence-corrected chi connectivity index (χ3v) is 5.53. The van der Waals surface area contributed by atoms with Crippen LogP contribution in [0.2, 0.25) is 0 Å². The molecule has 0 bridgehead atoms. The van der Waals surface area contributed by atoms with Crippen molar-refractivity contribution < 1.29 is 13.6 Å². The van der Waals surface area contributed by atoms with Crippen molar-refractivity contribution in [2.24, 2.45) is 5.92 Å². The van der Waals surface area contributed by atoms with Crippen molar-refractivity contribution in [2.45, 2.75) is 37.8 Å². The van der Waals surface area contributed by atoms with Gasteiger partial charge in [-0.1, -0.05) is 30.3 Å². The van der Waals surface area contributed by atoms with Gasteiger partial charge < -0.3 is 10.2 Å². The van der Waals surface area contributed by atoms with E-state index >= 15 is 0 Å². The summed E-state index contributed by atoms with van der Waals surface area (Å²) in [6, 6.07) is 8.81. The van der Waals surface area contributed by atoms with Crippen LogP contribution in [-0.2, 0) is 11.3 Å². The lowest BCUT2D eigenvalue weighted by atomic mass is 9.98. The maximum atomic E-state index is 14.9. The van der Waals surface area contributed by atoms with E-state index < -0.39 is 18.5 Å². The van der Waals surface area contributed by atoms with Gasteiger partial charge in [0.1, 0.15) is 5.82 Å². The van der Waals surface area contributed by atoms with Crippen molar-refractivity contribution >= 4 is 17.5 Å². The molecule has 2 heterocycles. The predicted molar refractivity (Wildman–Crippen MR) is 107 cm³/mol. The number of nitrogens with zero attached hydrogens (tertiary/aromatic N) is 4. The average Bonchev–Trinajstić information content (AvgIpc) is 3.54. The van der Waals surface area contributed by atoms with E-state index in [9.17, 15) is 13.6 Å². The second kappa shape index (κ2) is 8.02. The highest BCUT2D eigenvalue weighted by atomic mass is 19.3. The number of hydrogen-bond donors (Lipinski definition) is 1. The van der Waals surface area contributed by atoms with Crippen LogP contribution in [-0.4, -0.2) is 52.9 Å².